The van der Waals surface area contributed by atoms with E-state index in [0.717, 1.165) is 44.5 Å². The molecule has 8 atom stereocenters. The van der Waals surface area contributed by atoms with Gasteiger partial charge in [0.2, 0.25) is 11.8 Å². The molecule has 2 aromatic rings. The van der Waals surface area contributed by atoms with Gasteiger partial charge in [-0.3, -0.25) is 24.7 Å². The van der Waals surface area contributed by atoms with Crippen LogP contribution in [0.2, 0.25) is 0 Å². The molecule has 0 spiro atoms. The second-order valence-electron chi connectivity index (χ2n) is 13.3. The lowest BCUT2D eigenvalue weighted by atomic mass is 10.0. The quantitative estimate of drug-likeness (QED) is 0.0488. The predicted molar refractivity (Wildman–Crippen MR) is 201 cm³/mol. The molecule has 3 aliphatic rings. The number of anilines is 1. The van der Waals surface area contributed by atoms with Gasteiger partial charge in [0.15, 0.2) is 0 Å². The molecule has 0 radical (unpaired) electrons. The summed E-state index contributed by atoms with van der Waals surface area (Å²) >= 11 is 2.01. The van der Waals surface area contributed by atoms with Crippen LogP contribution in [0.4, 0.5) is 5.82 Å². The highest BCUT2D eigenvalue weighted by Gasteiger charge is 2.44. The Hall–Kier alpha value is -2.48. The number of carbonyl (C=O) groups excluding carboxylic acids is 2. The first-order valence-electron chi connectivity index (χ1n) is 17.8. The van der Waals surface area contributed by atoms with Gasteiger partial charge in [-0.1, -0.05) is 24.7 Å². The van der Waals surface area contributed by atoms with Gasteiger partial charge in [0.05, 0.1) is 36.8 Å². The number of fused-ring (bicyclic) bond motifs is 2. The Morgan fingerprint density at radius 2 is 1.77 bits per heavy atom. The molecule has 3 unspecified atom stereocenters. The number of unbranched alkanes of at least 4 members (excludes halogenated alkanes) is 3. The summed E-state index contributed by atoms with van der Waals surface area (Å²) in [5.41, 5.74) is 6.77. The van der Waals surface area contributed by atoms with E-state index in [0.29, 0.717) is 54.1 Å². The maximum atomic E-state index is 12.4. The molecule has 3 aliphatic heterocycles. The zero-order chi connectivity index (χ0) is 40.5. The first-order valence-corrected chi connectivity index (χ1v) is 23.4. The van der Waals surface area contributed by atoms with E-state index in [-0.39, 0.29) is 36.4 Å². The number of nitrogen functional groups attached to an aromatic ring is 1. The van der Waals surface area contributed by atoms with Crippen LogP contribution < -0.4 is 27.0 Å². The largest absolute Gasteiger partial charge is 0.490 e. The fourth-order valence-corrected chi connectivity index (χ4v) is 11.3. The molecule has 0 bridgehead atoms. The number of aliphatic hydroxyl groups excluding tert-OH is 1. The number of phosphoric ester groups is 1. The van der Waals surface area contributed by atoms with Gasteiger partial charge in [0.1, 0.15) is 30.0 Å². The normalized spacial score (nSPS) is 25.6. The van der Waals surface area contributed by atoms with Gasteiger partial charge >= 0.3 is 23.5 Å². The van der Waals surface area contributed by atoms with Crippen LogP contribution in [0.25, 0.3) is 11.0 Å². The molecule has 0 aromatic carbocycles. The van der Waals surface area contributed by atoms with Crippen LogP contribution in [0, 0.1) is 11.8 Å². The van der Waals surface area contributed by atoms with Crippen molar-refractivity contribution in [3.8, 4) is 11.8 Å². The maximum absolute atomic E-state index is 12.4. The molecule has 3 saturated heterocycles. The number of aromatic nitrogens is 3. The standard InChI is InChI=1S/C30H47N8O14P3S/c31-29-26-19(7-6-12-33-24(39)9-2-1-5-11-32-25(40)10-4-3-8-23-27-20(16-56-23)34-17-35-27)13-38(30(26)37-18-36-29)21-14-49-22(28(21)41)15-50-54(45,46)52-55(47,48)51-53(42,43)44/h13,18,20-23,27-28,34-35,41H,1-5,8-12,14-17H2,(H,32,40)(H,33,39)(H,45,46)(H,47,48)(H2,31,36,37)(H2,42,43,44)/t20-,21?,22+,23-,27-,28-/m0/s1. The van der Waals surface area contributed by atoms with Crippen LogP contribution in [0.5, 0.6) is 0 Å². The summed E-state index contributed by atoms with van der Waals surface area (Å²) in [5.74, 6) is 6.90. The van der Waals surface area contributed by atoms with Crippen molar-refractivity contribution in [2.45, 2.75) is 86.9 Å². The molecular weight excluding hydrogens is 821 g/mol. The molecule has 22 nitrogen and oxygen atoms in total. The van der Waals surface area contributed by atoms with Crippen molar-refractivity contribution in [1.82, 2.24) is 35.8 Å². The second kappa shape index (κ2) is 20.0. The van der Waals surface area contributed by atoms with Crippen molar-refractivity contribution in [2.24, 2.45) is 0 Å². The highest BCUT2D eigenvalue weighted by atomic mass is 32.2. The van der Waals surface area contributed by atoms with Crippen LogP contribution in [-0.4, -0.2) is 119 Å². The van der Waals surface area contributed by atoms with Gasteiger partial charge in [0.25, 0.3) is 0 Å². The third-order valence-electron chi connectivity index (χ3n) is 9.24. The van der Waals surface area contributed by atoms with Crippen LogP contribution in [0.3, 0.4) is 0 Å². The average Bonchev–Trinajstić information content (AvgIpc) is 3.89. The number of nitrogens with two attached hydrogens (primary N) is 1. The summed E-state index contributed by atoms with van der Waals surface area (Å²) in [6.45, 7) is 0.463. The molecule has 5 heterocycles. The number of ether oxygens (including phenoxy) is 1. The molecule has 0 saturated carbocycles. The van der Waals surface area contributed by atoms with E-state index in [1.807, 2.05) is 11.8 Å². The van der Waals surface area contributed by atoms with Gasteiger partial charge in [-0.2, -0.15) is 20.4 Å². The van der Waals surface area contributed by atoms with Crippen LogP contribution in [-0.2, 0) is 41.2 Å². The number of phosphoric acid groups is 3. The number of aliphatic hydroxyl groups is 1. The monoisotopic (exact) mass is 868 g/mol. The SMILES string of the molecule is Nc1ncnc2c1c(C#CCNC(=O)CCCCCNC(=O)CCCC[C@@H]1SC[C@@H]3NCN[C@@H]31)cn2C1CO[C@H](COP(=O)(O)OP(=O)(O)OP(=O)(O)O)[C@H]1O. The number of thioether (sulfide) groups is 1. The minimum atomic E-state index is -5.72. The van der Waals surface area contributed by atoms with E-state index in [2.05, 4.69) is 56.2 Å². The van der Waals surface area contributed by atoms with Gasteiger partial charge in [0, 0.05) is 55.3 Å². The lowest BCUT2D eigenvalue weighted by molar-refractivity contribution is -0.122. The highest BCUT2D eigenvalue weighted by molar-refractivity contribution is 8.00. The van der Waals surface area contributed by atoms with Gasteiger partial charge < -0.3 is 50.4 Å². The first-order chi connectivity index (χ1) is 26.5. The Bertz CT molecular complexity index is 1910. The minimum Gasteiger partial charge on any atom is -0.388 e. The van der Waals surface area contributed by atoms with Crippen molar-refractivity contribution in [3.63, 3.8) is 0 Å². The van der Waals surface area contributed by atoms with Crippen molar-refractivity contribution in [1.29, 1.82) is 0 Å². The third kappa shape index (κ3) is 13.0. The molecule has 11 N–H and O–H groups in total. The van der Waals surface area contributed by atoms with E-state index in [1.54, 1.807) is 6.20 Å². The van der Waals surface area contributed by atoms with Crippen LogP contribution in [0.15, 0.2) is 12.5 Å². The van der Waals surface area contributed by atoms with Crippen LogP contribution in [0.1, 0.15) is 63.0 Å². The first kappa shape index (κ1) is 44.6. The second-order valence-corrected chi connectivity index (χ2v) is 19.0. The van der Waals surface area contributed by atoms with E-state index in [9.17, 15) is 38.2 Å². The zero-order valence-electron chi connectivity index (χ0n) is 30.1. The zero-order valence-corrected chi connectivity index (χ0v) is 33.6. The van der Waals surface area contributed by atoms with Crippen molar-refractivity contribution in [2.75, 3.05) is 44.5 Å². The minimum absolute atomic E-state index is 0.0288. The Balaban J connectivity index is 1.01. The topological polar surface area (TPSA) is 328 Å². The highest BCUT2D eigenvalue weighted by Crippen LogP contribution is 2.66. The number of nitrogens with zero attached hydrogens (tertiary/aromatic N) is 3. The van der Waals surface area contributed by atoms with Crippen molar-refractivity contribution >= 4 is 63.9 Å². The number of amides is 2. The predicted octanol–water partition coefficient (Wildman–Crippen LogP) is 0.365. The Morgan fingerprint density at radius 1 is 1.02 bits per heavy atom. The number of nitrogens with one attached hydrogen (secondary N) is 4. The lowest BCUT2D eigenvalue weighted by Crippen LogP contribution is -2.36. The molecule has 5 rings (SSSR count). The third-order valence-corrected chi connectivity index (χ3v) is 14.5. The number of rotatable bonds is 20. The molecule has 0 aliphatic carbocycles. The number of hydrogen-bond acceptors (Lipinski definition) is 16. The van der Waals surface area contributed by atoms with Gasteiger partial charge in [-0.25, -0.2) is 23.7 Å². The molecule has 26 heteroatoms. The van der Waals surface area contributed by atoms with E-state index >= 15 is 0 Å². The molecule has 3 fully saturated rings. The molecule has 2 amide bonds. The molecule has 2 aromatic heterocycles. The number of hydrogen-bond donors (Lipinski definition) is 10. The molecule has 312 valence electrons. The van der Waals surface area contributed by atoms with Crippen molar-refractivity contribution < 1.29 is 65.8 Å². The summed E-state index contributed by atoms with van der Waals surface area (Å²) in [7, 11) is -16.7. The average molecular weight is 869 g/mol. The maximum Gasteiger partial charge on any atom is 0.490 e. The fraction of sp³-hybridized carbons (Fsp3) is 0.667. The Kier molecular flexibility index (Phi) is 15.9. The lowest BCUT2D eigenvalue weighted by Gasteiger charge is -2.20. The number of carbonyl (C=O) groups is 2. The fourth-order valence-electron chi connectivity index (χ4n) is 6.61. The Morgan fingerprint density at radius 3 is 2.54 bits per heavy atom. The van der Waals surface area contributed by atoms with Gasteiger partial charge in [-0.15, -0.1) is 0 Å². The summed E-state index contributed by atoms with van der Waals surface area (Å²) in [5, 5.41) is 24.7. The van der Waals surface area contributed by atoms with E-state index in [1.165, 1.54) is 10.9 Å². The summed E-state index contributed by atoms with van der Waals surface area (Å²) < 4.78 is 53.6. The molecular formula is C30H47N8O14P3S. The summed E-state index contributed by atoms with van der Waals surface area (Å²) in [6.07, 6.45) is 6.08. The summed E-state index contributed by atoms with van der Waals surface area (Å²) in [6, 6.07) is 0.252. The molecule has 56 heavy (non-hydrogen) atoms. The smallest absolute Gasteiger partial charge is 0.388 e. The van der Waals surface area contributed by atoms with Crippen molar-refractivity contribution in [3.05, 3.63) is 18.1 Å². The summed E-state index contributed by atoms with van der Waals surface area (Å²) in [4.78, 5) is 69.3. The Labute approximate surface area is 326 Å². The van der Waals surface area contributed by atoms with Crippen LogP contribution >= 0.6 is 35.2 Å². The van der Waals surface area contributed by atoms with Gasteiger partial charge in [-0.05, 0) is 25.7 Å². The van der Waals surface area contributed by atoms with E-state index < -0.39 is 48.3 Å². The van der Waals surface area contributed by atoms with E-state index in [4.69, 9.17) is 20.3 Å².